The summed E-state index contributed by atoms with van der Waals surface area (Å²) in [6.45, 7) is 2.87. The molecule has 1 N–H and O–H groups in total. The Balaban J connectivity index is 1.89. The SMILES string of the molecule is CCCCCOc1ccc(NC(=O)/C=C/c2c(Cl)cccc2Cl)cc1. The summed E-state index contributed by atoms with van der Waals surface area (Å²) >= 11 is 12.1. The Morgan fingerprint density at radius 2 is 1.76 bits per heavy atom. The topological polar surface area (TPSA) is 38.3 Å². The molecule has 1 amide bonds. The quantitative estimate of drug-likeness (QED) is 0.438. The molecule has 2 rings (SSSR count). The van der Waals surface area contributed by atoms with Gasteiger partial charge in [0, 0.05) is 27.4 Å². The highest BCUT2D eigenvalue weighted by molar-refractivity contribution is 6.37. The van der Waals surface area contributed by atoms with Gasteiger partial charge in [0.2, 0.25) is 5.91 Å². The maximum atomic E-state index is 12.0. The van der Waals surface area contributed by atoms with Crippen LogP contribution in [0.4, 0.5) is 5.69 Å². The molecule has 0 radical (unpaired) electrons. The number of ether oxygens (including phenoxy) is 1. The molecule has 2 aromatic rings. The van der Waals surface area contributed by atoms with Crippen molar-refractivity contribution >= 4 is 40.9 Å². The van der Waals surface area contributed by atoms with Crippen LogP contribution < -0.4 is 10.1 Å². The van der Waals surface area contributed by atoms with Gasteiger partial charge in [-0.3, -0.25) is 4.79 Å². The van der Waals surface area contributed by atoms with Crippen molar-refractivity contribution in [2.24, 2.45) is 0 Å². The van der Waals surface area contributed by atoms with Gasteiger partial charge in [0.25, 0.3) is 0 Å². The van der Waals surface area contributed by atoms with Crippen LogP contribution in [0.1, 0.15) is 31.7 Å². The zero-order valence-corrected chi connectivity index (χ0v) is 15.6. The van der Waals surface area contributed by atoms with Crippen molar-refractivity contribution in [3.63, 3.8) is 0 Å². The highest BCUT2D eigenvalue weighted by Crippen LogP contribution is 2.25. The van der Waals surface area contributed by atoms with Crippen molar-refractivity contribution in [1.29, 1.82) is 0 Å². The summed E-state index contributed by atoms with van der Waals surface area (Å²) in [6, 6.07) is 12.5. The number of hydrogen-bond donors (Lipinski definition) is 1. The fraction of sp³-hybridized carbons (Fsp3) is 0.250. The average molecular weight is 378 g/mol. The molecule has 0 aliphatic heterocycles. The first-order chi connectivity index (χ1) is 12.1. The lowest BCUT2D eigenvalue weighted by Gasteiger charge is -2.07. The number of nitrogens with one attached hydrogen (secondary N) is 1. The largest absolute Gasteiger partial charge is 0.494 e. The van der Waals surface area contributed by atoms with Crippen LogP contribution in [0.3, 0.4) is 0 Å². The van der Waals surface area contributed by atoms with E-state index in [-0.39, 0.29) is 5.91 Å². The molecule has 0 bridgehead atoms. The molecule has 0 aliphatic carbocycles. The molecule has 25 heavy (non-hydrogen) atoms. The molecular weight excluding hydrogens is 357 g/mol. The molecule has 0 saturated heterocycles. The van der Waals surface area contributed by atoms with Crippen LogP contribution in [0.15, 0.2) is 48.5 Å². The molecule has 0 saturated carbocycles. The second kappa shape index (κ2) is 10.1. The minimum absolute atomic E-state index is 0.257. The number of hydrogen-bond acceptors (Lipinski definition) is 2. The zero-order valence-electron chi connectivity index (χ0n) is 14.1. The molecular formula is C20H21Cl2NO2. The van der Waals surface area contributed by atoms with Crippen molar-refractivity contribution in [3.05, 3.63) is 64.1 Å². The van der Waals surface area contributed by atoms with E-state index in [1.165, 1.54) is 12.5 Å². The van der Waals surface area contributed by atoms with E-state index in [0.717, 1.165) is 18.6 Å². The Labute approximate surface area is 158 Å². The van der Waals surface area contributed by atoms with Crippen LogP contribution in [0.25, 0.3) is 6.08 Å². The molecule has 0 unspecified atom stereocenters. The summed E-state index contributed by atoms with van der Waals surface area (Å²) in [5.74, 6) is 0.542. The Bertz CT molecular complexity index is 707. The molecule has 0 heterocycles. The van der Waals surface area contributed by atoms with Crippen molar-refractivity contribution in [2.45, 2.75) is 26.2 Å². The van der Waals surface area contributed by atoms with Gasteiger partial charge >= 0.3 is 0 Å². The summed E-state index contributed by atoms with van der Waals surface area (Å²) in [6.07, 6.45) is 6.38. The monoisotopic (exact) mass is 377 g/mol. The Morgan fingerprint density at radius 1 is 1.08 bits per heavy atom. The summed E-state index contributed by atoms with van der Waals surface area (Å²) in [4.78, 5) is 12.0. The van der Waals surface area contributed by atoms with E-state index in [4.69, 9.17) is 27.9 Å². The third-order valence-corrected chi connectivity index (χ3v) is 4.20. The smallest absolute Gasteiger partial charge is 0.248 e. The molecule has 0 atom stereocenters. The first-order valence-corrected chi connectivity index (χ1v) is 9.01. The summed E-state index contributed by atoms with van der Waals surface area (Å²) in [7, 11) is 0. The second-order valence-electron chi connectivity index (χ2n) is 5.54. The van der Waals surface area contributed by atoms with Crippen molar-refractivity contribution in [3.8, 4) is 5.75 Å². The number of rotatable bonds is 8. The van der Waals surface area contributed by atoms with E-state index >= 15 is 0 Å². The molecule has 0 spiro atoms. The van der Waals surface area contributed by atoms with E-state index in [0.29, 0.717) is 27.9 Å². The van der Waals surface area contributed by atoms with Crippen LogP contribution in [0.5, 0.6) is 5.75 Å². The number of halogens is 2. The van der Waals surface area contributed by atoms with E-state index in [1.54, 1.807) is 24.3 Å². The van der Waals surface area contributed by atoms with Crippen molar-refractivity contribution < 1.29 is 9.53 Å². The number of carbonyl (C=O) groups excluding carboxylic acids is 1. The van der Waals surface area contributed by atoms with Gasteiger partial charge in [0.15, 0.2) is 0 Å². The van der Waals surface area contributed by atoms with Crippen molar-refractivity contribution in [1.82, 2.24) is 0 Å². The molecule has 5 heteroatoms. The van der Waals surface area contributed by atoms with Crippen LogP contribution in [-0.2, 0) is 4.79 Å². The van der Waals surface area contributed by atoms with Crippen LogP contribution in [-0.4, -0.2) is 12.5 Å². The minimum Gasteiger partial charge on any atom is -0.494 e. The standard InChI is InChI=1S/C20H21Cl2NO2/c1-2-3-4-14-25-16-10-8-15(9-11-16)23-20(24)13-12-17-18(21)6-5-7-19(17)22/h5-13H,2-4,14H2,1H3,(H,23,24)/b13-12+. The third kappa shape index (κ3) is 6.45. The molecule has 0 aliphatic rings. The summed E-state index contributed by atoms with van der Waals surface area (Å²) in [5, 5.41) is 3.79. The third-order valence-electron chi connectivity index (χ3n) is 3.54. The molecule has 3 nitrogen and oxygen atoms in total. The first-order valence-electron chi connectivity index (χ1n) is 8.26. The number of amides is 1. The molecule has 132 valence electrons. The second-order valence-corrected chi connectivity index (χ2v) is 6.35. The number of carbonyl (C=O) groups is 1. The van der Waals surface area contributed by atoms with Gasteiger partial charge in [-0.25, -0.2) is 0 Å². The maximum absolute atomic E-state index is 12.0. The highest BCUT2D eigenvalue weighted by Gasteiger charge is 2.03. The molecule has 0 aromatic heterocycles. The number of anilines is 1. The summed E-state index contributed by atoms with van der Waals surface area (Å²) < 4.78 is 5.64. The number of benzene rings is 2. The van der Waals surface area contributed by atoms with Crippen molar-refractivity contribution in [2.75, 3.05) is 11.9 Å². The van der Waals surface area contributed by atoms with Gasteiger partial charge in [-0.1, -0.05) is 49.0 Å². The predicted molar refractivity (Wildman–Crippen MR) is 106 cm³/mol. The van der Waals surface area contributed by atoms with Gasteiger partial charge in [-0.2, -0.15) is 0 Å². The Kier molecular flexibility index (Phi) is 7.83. The Hall–Kier alpha value is -1.97. The highest BCUT2D eigenvalue weighted by atomic mass is 35.5. The lowest BCUT2D eigenvalue weighted by Crippen LogP contribution is -2.07. The minimum atomic E-state index is -0.257. The van der Waals surface area contributed by atoms with Gasteiger partial charge in [-0.05, 0) is 48.9 Å². The van der Waals surface area contributed by atoms with Crippen LogP contribution >= 0.6 is 23.2 Å². The van der Waals surface area contributed by atoms with Gasteiger partial charge in [0.05, 0.1) is 6.61 Å². The van der Waals surface area contributed by atoms with E-state index in [1.807, 2.05) is 24.3 Å². The fourth-order valence-corrected chi connectivity index (χ4v) is 2.71. The van der Waals surface area contributed by atoms with Gasteiger partial charge in [-0.15, -0.1) is 0 Å². The van der Waals surface area contributed by atoms with Gasteiger partial charge in [0.1, 0.15) is 5.75 Å². The normalized spacial score (nSPS) is 10.8. The average Bonchev–Trinajstić information content (AvgIpc) is 2.60. The summed E-state index contributed by atoms with van der Waals surface area (Å²) in [5.41, 5.74) is 1.32. The lowest BCUT2D eigenvalue weighted by molar-refractivity contribution is -0.111. The van der Waals surface area contributed by atoms with E-state index in [2.05, 4.69) is 12.2 Å². The van der Waals surface area contributed by atoms with E-state index in [9.17, 15) is 4.79 Å². The zero-order chi connectivity index (χ0) is 18.1. The molecule has 0 fully saturated rings. The molecule has 2 aromatic carbocycles. The lowest BCUT2D eigenvalue weighted by atomic mass is 10.2. The van der Waals surface area contributed by atoms with Crippen LogP contribution in [0.2, 0.25) is 10.0 Å². The van der Waals surface area contributed by atoms with Gasteiger partial charge < -0.3 is 10.1 Å². The maximum Gasteiger partial charge on any atom is 0.248 e. The Morgan fingerprint density at radius 3 is 2.40 bits per heavy atom. The number of unbranched alkanes of at least 4 members (excludes halogenated alkanes) is 2. The van der Waals surface area contributed by atoms with E-state index < -0.39 is 0 Å². The fourth-order valence-electron chi connectivity index (χ4n) is 2.19. The van der Waals surface area contributed by atoms with Crippen LogP contribution in [0, 0.1) is 0 Å². The first kappa shape index (κ1) is 19.4. The predicted octanol–water partition coefficient (Wildman–Crippen LogP) is 6.21.